The minimum atomic E-state index is -1.53. The minimum Gasteiger partial charge on any atom is -0.456 e. The molecule has 0 aliphatic rings. The zero-order valence-corrected chi connectivity index (χ0v) is 69.4. The van der Waals surface area contributed by atoms with Crippen molar-refractivity contribution in [2.75, 3.05) is 9.80 Å². The summed E-state index contributed by atoms with van der Waals surface area (Å²) >= 11 is 9.67. The summed E-state index contributed by atoms with van der Waals surface area (Å²) in [6.07, 6.45) is 1.02. The molecule has 4 heterocycles. The topological polar surface area (TPSA) is 59.0 Å². The highest BCUT2D eigenvalue weighted by atomic mass is 79.9. The standard InChI is InChI=1S/C56H60N2O2Si2.C20H28Si.C18H8BrClO2.CH4/c1-55(2,3)37-17-21-39(22-18-37)57(40-25-30-44(31-26-40)61(7,8)9)43-29-34-47-50(35-43)59-51-36-48(54-53(52(47)51)46-15-13-14-16-49(46)60-54)58(41-23-19-38(20-24-41)56(4,5)6)42-27-32-45(33-28-42)62(10,11)12;1-20(2,3)18-11-7-16(8-12-18)15-17-9-13-19(14-10-17)21(4,5)6;19-12-8-15-16(11-6-5-9(20)7-14(11)21-15)17-10-3-1-2-4-13(10)22-18(12)17;/h13-36H,1-12H3;7-14H,15H2,1-6H3;1-8H;1H4. The van der Waals surface area contributed by atoms with Crippen LogP contribution < -0.4 is 25.4 Å². The third-order valence-electron chi connectivity index (χ3n) is 20.6. The van der Waals surface area contributed by atoms with Crippen molar-refractivity contribution in [2.45, 2.75) is 151 Å². The second kappa shape index (κ2) is 28.5. The molecule has 0 spiro atoms. The van der Waals surface area contributed by atoms with Crippen LogP contribution in [0.5, 0.6) is 0 Å². The Morgan fingerprint density at radius 3 is 1.10 bits per heavy atom. The molecule has 0 radical (unpaired) electrons. The minimum absolute atomic E-state index is 0. The zero-order chi connectivity index (χ0) is 74.4. The van der Waals surface area contributed by atoms with Gasteiger partial charge in [-0.05, 0) is 157 Å². The Hall–Kier alpha value is -9.14. The molecule has 0 aliphatic heterocycles. The van der Waals surface area contributed by atoms with E-state index < -0.39 is 24.2 Å². The van der Waals surface area contributed by atoms with Gasteiger partial charge in [-0.25, -0.2) is 0 Å². The van der Waals surface area contributed by atoms with Gasteiger partial charge >= 0.3 is 0 Å². The van der Waals surface area contributed by atoms with Gasteiger partial charge in [0.05, 0.1) is 34.4 Å². The lowest BCUT2D eigenvalue weighted by Gasteiger charge is -2.28. The molecule has 0 bridgehead atoms. The summed E-state index contributed by atoms with van der Waals surface area (Å²) in [5, 5.41) is 13.6. The van der Waals surface area contributed by atoms with Crippen molar-refractivity contribution in [2.24, 2.45) is 0 Å². The molecule has 0 unspecified atom stereocenters. The average molecular weight is 1530 g/mol. The highest BCUT2D eigenvalue weighted by Crippen LogP contribution is 2.50. The third-order valence-corrected chi connectivity index (χ3v) is 27.6. The van der Waals surface area contributed by atoms with Gasteiger partial charge in [0.15, 0.2) is 5.58 Å². The molecule has 0 N–H and O–H groups in total. The molecule has 6 nitrogen and oxygen atoms in total. The van der Waals surface area contributed by atoms with Crippen LogP contribution in [0.3, 0.4) is 0 Å². The Balaban J connectivity index is 0.000000182. The number of halogens is 2. The fourth-order valence-electron chi connectivity index (χ4n) is 14.3. The molecule has 0 saturated carbocycles. The first-order valence-electron chi connectivity index (χ1n) is 36.8. The van der Waals surface area contributed by atoms with E-state index in [1.807, 2.05) is 42.5 Å². The highest BCUT2D eigenvalue weighted by molar-refractivity contribution is 9.10. The SMILES string of the molecule is C.CC(C)(C)c1ccc(Cc2ccc([Si](C)(C)C)cc2)cc1.CC(C)(C)c1ccc(N(c2ccc([Si](C)(C)C)cc2)c2ccc3c(c2)oc2cc(N(c4ccc(C(C)(C)C)cc4)c4ccc([Si](C)(C)C)cc4)c4oc5ccccc5c4c23)cc1.Clc1ccc2c(c1)oc1cc(Br)c3oc4ccccc4c3c12. The van der Waals surface area contributed by atoms with Gasteiger partial charge in [-0.15, -0.1) is 0 Å². The largest absolute Gasteiger partial charge is 0.456 e. The van der Waals surface area contributed by atoms with Gasteiger partial charge in [0.25, 0.3) is 0 Å². The number of hydrogen-bond acceptors (Lipinski definition) is 6. The number of hydrogen-bond donors (Lipinski definition) is 0. The lowest BCUT2D eigenvalue weighted by Crippen LogP contribution is -2.37. The second-order valence-corrected chi connectivity index (χ2v) is 51.1. The van der Waals surface area contributed by atoms with E-state index in [4.69, 9.17) is 29.3 Å². The van der Waals surface area contributed by atoms with E-state index in [-0.39, 0.29) is 23.7 Å². The average Bonchev–Trinajstić information content (AvgIpc) is 1.56. The first-order chi connectivity index (χ1) is 49.6. The maximum atomic E-state index is 7.08. The molecule has 11 heteroatoms. The first-order valence-corrected chi connectivity index (χ1v) is 48.4. The van der Waals surface area contributed by atoms with Crippen LogP contribution in [-0.2, 0) is 22.7 Å². The maximum Gasteiger partial charge on any atom is 0.160 e. The van der Waals surface area contributed by atoms with E-state index in [9.17, 15) is 0 Å². The fraction of sp³-hybridized carbons (Fsp3) is 0.242. The van der Waals surface area contributed by atoms with Crippen LogP contribution in [0.2, 0.25) is 63.9 Å². The molecule has 0 aliphatic carbocycles. The Morgan fingerprint density at radius 2 is 0.660 bits per heavy atom. The van der Waals surface area contributed by atoms with E-state index in [2.05, 4.69) is 347 Å². The maximum absolute atomic E-state index is 7.08. The van der Waals surface area contributed by atoms with Crippen LogP contribution in [0.25, 0.3) is 87.8 Å². The molecular weight excluding hydrogens is 1430 g/mol. The number of nitrogens with zero attached hydrogens (tertiary/aromatic N) is 2. The molecule has 0 atom stereocenters. The van der Waals surface area contributed by atoms with Crippen molar-refractivity contribution in [1.82, 2.24) is 0 Å². The number of benzene rings is 12. The molecular formula is C95H100BrClN2O4Si3. The van der Waals surface area contributed by atoms with Crippen molar-refractivity contribution < 1.29 is 17.7 Å². The van der Waals surface area contributed by atoms with Crippen LogP contribution >= 0.6 is 27.5 Å². The van der Waals surface area contributed by atoms with Gasteiger partial charge < -0.3 is 27.5 Å². The zero-order valence-electron chi connectivity index (χ0n) is 64.1. The van der Waals surface area contributed by atoms with Crippen LogP contribution in [0.4, 0.5) is 34.1 Å². The number of rotatable bonds is 11. The number of furan rings is 4. The van der Waals surface area contributed by atoms with Crippen molar-refractivity contribution >= 4 is 189 Å². The van der Waals surface area contributed by atoms with E-state index in [0.29, 0.717) is 5.02 Å². The Kier molecular flexibility index (Phi) is 20.2. The van der Waals surface area contributed by atoms with Crippen molar-refractivity contribution in [3.05, 3.63) is 280 Å². The number of fused-ring (bicyclic) bond motifs is 14. The molecule has 0 saturated heterocycles. The summed E-state index contributed by atoms with van der Waals surface area (Å²) in [4.78, 5) is 4.70. The normalized spacial score (nSPS) is 12.5. The number of para-hydroxylation sites is 2. The number of anilines is 6. The first kappa shape index (κ1) is 75.1. The highest BCUT2D eigenvalue weighted by Gasteiger charge is 2.29. The smallest absolute Gasteiger partial charge is 0.160 e. The molecule has 106 heavy (non-hydrogen) atoms. The lowest BCUT2D eigenvalue weighted by atomic mass is 9.86. The summed E-state index contributed by atoms with van der Waals surface area (Å²) in [6.45, 7) is 42.0. The van der Waals surface area contributed by atoms with Gasteiger partial charge in [-0.2, -0.15) is 0 Å². The van der Waals surface area contributed by atoms with Crippen molar-refractivity contribution in [1.29, 1.82) is 0 Å². The Bertz CT molecular complexity index is 5700. The Morgan fingerprint density at radius 1 is 0.321 bits per heavy atom. The van der Waals surface area contributed by atoms with Crippen LogP contribution in [0.15, 0.2) is 265 Å². The van der Waals surface area contributed by atoms with Crippen LogP contribution in [0, 0.1) is 0 Å². The molecule has 0 fully saturated rings. The van der Waals surface area contributed by atoms with E-state index >= 15 is 0 Å². The van der Waals surface area contributed by atoms with Crippen LogP contribution in [0.1, 0.15) is 97.6 Å². The summed E-state index contributed by atoms with van der Waals surface area (Å²) in [5.74, 6) is 0. The van der Waals surface area contributed by atoms with E-state index in [1.54, 1.807) is 0 Å². The van der Waals surface area contributed by atoms with Crippen molar-refractivity contribution in [3.8, 4) is 0 Å². The summed E-state index contributed by atoms with van der Waals surface area (Å²) in [5.41, 5.74) is 20.1. The van der Waals surface area contributed by atoms with Gasteiger partial charge in [0.2, 0.25) is 0 Å². The lowest BCUT2D eigenvalue weighted by molar-refractivity contribution is 0.590. The van der Waals surface area contributed by atoms with E-state index in [1.165, 1.54) is 43.4 Å². The summed E-state index contributed by atoms with van der Waals surface area (Å²) in [6, 6.07) is 87.8. The second-order valence-electron chi connectivity index (χ2n) is 34.6. The quantitative estimate of drug-likeness (QED) is 0.120. The van der Waals surface area contributed by atoms with Crippen molar-refractivity contribution in [3.63, 3.8) is 0 Å². The monoisotopic (exact) mass is 1530 g/mol. The molecule has 540 valence electrons. The van der Waals surface area contributed by atoms with Gasteiger partial charge in [0.1, 0.15) is 39.1 Å². The predicted octanol–water partition coefficient (Wildman–Crippen LogP) is 28.8. The molecule has 16 aromatic rings. The van der Waals surface area contributed by atoms with Crippen LogP contribution in [-0.4, -0.2) is 24.2 Å². The molecule has 12 aromatic carbocycles. The molecule has 16 rings (SSSR count). The van der Waals surface area contributed by atoms with Gasteiger partial charge in [-0.1, -0.05) is 289 Å². The Labute approximate surface area is 643 Å². The third kappa shape index (κ3) is 15.2. The summed E-state index contributed by atoms with van der Waals surface area (Å²) in [7, 11) is -4.20. The molecule has 0 amide bonds. The predicted molar refractivity (Wildman–Crippen MR) is 472 cm³/mol. The molecule has 4 aromatic heterocycles. The van der Waals surface area contributed by atoms with Gasteiger partial charge in [0, 0.05) is 94.7 Å². The van der Waals surface area contributed by atoms with E-state index in [0.717, 1.165) is 133 Å². The fourth-order valence-corrected chi connectivity index (χ4v) is 18.5. The summed E-state index contributed by atoms with van der Waals surface area (Å²) < 4.78 is 26.9. The van der Waals surface area contributed by atoms with Gasteiger partial charge in [-0.3, -0.25) is 0 Å².